The first-order chi connectivity index (χ1) is 24.1. The molecule has 0 saturated carbocycles. The van der Waals surface area contributed by atoms with Crippen molar-refractivity contribution in [2.45, 2.75) is 94.0 Å². The predicted octanol–water partition coefficient (Wildman–Crippen LogP) is -2.71. The number of carbonyl (C=O) groups excluding carboxylic acids is 6. The summed E-state index contributed by atoms with van der Waals surface area (Å²) >= 11 is 0. The molecule has 0 spiro atoms. The SMILES string of the molecule is NC(=O)C[C@H](NC(=O)[C@H](CCC(=O)O)NC(=O)[C@@H](N)CC(=O)O)C(=O)N1CCC[C@H]1C(=O)N[C@@H](Cc1ccccc1)C(=O)N1CCC[C@H]1C(=O)O. The molecule has 1 aromatic rings. The Bertz CT molecular complexity index is 1510. The number of carboxylic acid groups (broad SMARTS) is 3. The molecule has 0 aliphatic carbocycles. The van der Waals surface area contributed by atoms with Crippen LogP contribution in [0.3, 0.4) is 0 Å². The Balaban J connectivity index is 1.81. The zero-order valence-electron chi connectivity index (χ0n) is 27.7. The van der Waals surface area contributed by atoms with E-state index in [1.807, 2.05) is 0 Å². The standard InChI is InChI=1S/C32H43N7O12/c33-18(15-26(43)44)27(45)35-19(10-11-25(41)42)28(46)36-21(16-24(34)40)31(49)38-12-4-8-22(38)29(47)37-20(14-17-6-2-1-3-7-17)30(48)39-13-5-9-23(39)32(50)51/h1-3,6-7,18-23H,4-5,8-16,33H2,(H2,34,40)(H,35,45)(H,36,46)(H,37,47)(H,41,42)(H,43,44)(H,50,51)/t18-,19-,20-,21-,22-,23-/m0/s1. The fourth-order valence-electron chi connectivity index (χ4n) is 6.08. The molecule has 2 saturated heterocycles. The third kappa shape index (κ3) is 11.5. The molecule has 2 aliphatic heterocycles. The molecule has 0 aromatic heterocycles. The maximum atomic E-state index is 13.8. The molecule has 0 unspecified atom stereocenters. The van der Waals surface area contributed by atoms with Crippen molar-refractivity contribution >= 4 is 53.4 Å². The fourth-order valence-corrected chi connectivity index (χ4v) is 6.08. The van der Waals surface area contributed by atoms with E-state index in [0.29, 0.717) is 18.4 Å². The fraction of sp³-hybridized carbons (Fsp3) is 0.531. The number of nitrogens with zero attached hydrogens (tertiary/aromatic N) is 2. The normalized spacial score (nSPS) is 19.2. The van der Waals surface area contributed by atoms with Crippen molar-refractivity contribution in [1.29, 1.82) is 0 Å². The number of carboxylic acids is 3. The number of likely N-dealkylation sites (tertiary alicyclic amines) is 2. The number of rotatable bonds is 18. The van der Waals surface area contributed by atoms with Gasteiger partial charge in [0.05, 0.1) is 18.9 Å². The zero-order chi connectivity index (χ0) is 37.8. The van der Waals surface area contributed by atoms with Crippen LogP contribution in [-0.2, 0) is 49.6 Å². The van der Waals surface area contributed by atoms with Gasteiger partial charge < -0.3 is 52.5 Å². The second kappa shape index (κ2) is 18.4. The predicted molar refractivity (Wildman–Crippen MR) is 174 cm³/mol. The van der Waals surface area contributed by atoms with Gasteiger partial charge in [-0.1, -0.05) is 30.3 Å². The molecule has 19 nitrogen and oxygen atoms in total. The van der Waals surface area contributed by atoms with Gasteiger partial charge in [-0.2, -0.15) is 0 Å². The minimum atomic E-state index is -1.66. The van der Waals surface area contributed by atoms with Gasteiger partial charge in [-0.05, 0) is 37.7 Å². The van der Waals surface area contributed by atoms with Crippen molar-refractivity contribution in [3.8, 4) is 0 Å². The van der Waals surface area contributed by atoms with E-state index in [1.165, 1.54) is 4.90 Å². The summed E-state index contributed by atoms with van der Waals surface area (Å²) in [4.78, 5) is 115. The first kappa shape index (κ1) is 39.8. The Morgan fingerprint density at radius 1 is 0.725 bits per heavy atom. The second-order valence-electron chi connectivity index (χ2n) is 12.4. The topological polar surface area (TPSA) is 309 Å². The summed E-state index contributed by atoms with van der Waals surface area (Å²) in [6.07, 6.45) is -1.45. The molecule has 10 N–H and O–H groups in total. The van der Waals surface area contributed by atoms with Crippen LogP contribution in [0.2, 0.25) is 0 Å². The van der Waals surface area contributed by atoms with Gasteiger partial charge >= 0.3 is 17.9 Å². The lowest BCUT2D eigenvalue weighted by molar-refractivity contribution is -0.149. The summed E-state index contributed by atoms with van der Waals surface area (Å²) in [7, 11) is 0. The molecule has 6 atom stereocenters. The third-order valence-electron chi connectivity index (χ3n) is 8.59. The smallest absolute Gasteiger partial charge is 0.326 e. The van der Waals surface area contributed by atoms with E-state index in [4.69, 9.17) is 21.7 Å². The molecule has 1 aromatic carbocycles. The number of nitrogens with one attached hydrogen (secondary N) is 3. The van der Waals surface area contributed by atoms with Crippen LogP contribution in [-0.4, -0.2) is 128 Å². The average Bonchev–Trinajstić information content (AvgIpc) is 3.76. The van der Waals surface area contributed by atoms with Crippen molar-refractivity contribution in [2.24, 2.45) is 11.5 Å². The highest BCUT2D eigenvalue weighted by atomic mass is 16.4. The molecule has 0 bridgehead atoms. The number of hydrogen-bond acceptors (Lipinski definition) is 10. The maximum Gasteiger partial charge on any atom is 0.326 e. The Hall–Kier alpha value is -5.59. The third-order valence-corrected chi connectivity index (χ3v) is 8.59. The summed E-state index contributed by atoms with van der Waals surface area (Å²) in [6.45, 7) is 0.189. The largest absolute Gasteiger partial charge is 0.481 e. The van der Waals surface area contributed by atoms with Gasteiger partial charge in [-0.25, -0.2) is 4.79 Å². The highest BCUT2D eigenvalue weighted by Crippen LogP contribution is 2.22. The van der Waals surface area contributed by atoms with E-state index in [2.05, 4.69) is 16.0 Å². The van der Waals surface area contributed by atoms with E-state index in [0.717, 1.165) is 4.90 Å². The maximum absolute atomic E-state index is 13.8. The summed E-state index contributed by atoms with van der Waals surface area (Å²) in [5.41, 5.74) is 11.6. The van der Waals surface area contributed by atoms with Crippen molar-refractivity contribution in [3.05, 3.63) is 35.9 Å². The van der Waals surface area contributed by atoms with E-state index in [-0.39, 0.29) is 32.4 Å². The monoisotopic (exact) mass is 717 g/mol. The molecule has 278 valence electrons. The van der Waals surface area contributed by atoms with Crippen molar-refractivity contribution in [3.63, 3.8) is 0 Å². The summed E-state index contributed by atoms with van der Waals surface area (Å²) in [5.74, 6) is -9.35. The summed E-state index contributed by atoms with van der Waals surface area (Å²) < 4.78 is 0. The van der Waals surface area contributed by atoms with E-state index in [9.17, 15) is 48.3 Å². The molecule has 6 amide bonds. The lowest BCUT2D eigenvalue weighted by atomic mass is 10.0. The van der Waals surface area contributed by atoms with Gasteiger partial charge in [0, 0.05) is 25.9 Å². The first-order valence-electron chi connectivity index (χ1n) is 16.3. The van der Waals surface area contributed by atoms with Gasteiger partial charge in [0.2, 0.25) is 35.4 Å². The van der Waals surface area contributed by atoms with Crippen LogP contribution in [0.4, 0.5) is 0 Å². The summed E-state index contributed by atoms with van der Waals surface area (Å²) in [6, 6.07) is 0.426. The molecule has 51 heavy (non-hydrogen) atoms. The van der Waals surface area contributed by atoms with Gasteiger partial charge in [-0.3, -0.25) is 38.4 Å². The van der Waals surface area contributed by atoms with Crippen LogP contribution >= 0.6 is 0 Å². The first-order valence-corrected chi connectivity index (χ1v) is 16.3. The number of aliphatic carboxylic acids is 3. The lowest BCUT2D eigenvalue weighted by Crippen LogP contribution is -2.59. The Morgan fingerprint density at radius 3 is 1.86 bits per heavy atom. The van der Waals surface area contributed by atoms with E-state index in [1.54, 1.807) is 30.3 Å². The average molecular weight is 718 g/mol. The zero-order valence-corrected chi connectivity index (χ0v) is 27.7. The van der Waals surface area contributed by atoms with Crippen LogP contribution in [0.25, 0.3) is 0 Å². The lowest BCUT2D eigenvalue weighted by Gasteiger charge is -2.31. The Morgan fingerprint density at radius 2 is 1.29 bits per heavy atom. The summed E-state index contributed by atoms with van der Waals surface area (Å²) in [5, 5.41) is 34.9. The van der Waals surface area contributed by atoms with Crippen LogP contribution < -0.4 is 27.4 Å². The minimum absolute atomic E-state index is 0.00971. The number of nitrogens with two attached hydrogens (primary N) is 2. The molecular weight excluding hydrogens is 674 g/mol. The van der Waals surface area contributed by atoms with Crippen LogP contribution in [0.1, 0.15) is 56.9 Å². The molecule has 19 heteroatoms. The van der Waals surface area contributed by atoms with Crippen molar-refractivity contribution in [2.75, 3.05) is 13.1 Å². The number of amides is 6. The number of primary amides is 1. The molecule has 2 fully saturated rings. The van der Waals surface area contributed by atoms with Crippen LogP contribution in [0.5, 0.6) is 0 Å². The molecular formula is C32H43N7O12. The quantitative estimate of drug-likeness (QED) is 0.0767. The van der Waals surface area contributed by atoms with Crippen molar-refractivity contribution < 1.29 is 58.5 Å². The molecule has 0 radical (unpaired) electrons. The van der Waals surface area contributed by atoms with Crippen LogP contribution in [0.15, 0.2) is 30.3 Å². The van der Waals surface area contributed by atoms with Gasteiger partial charge in [0.1, 0.15) is 30.2 Å². The van der Waals surface area contributed by atoms with Crippen molar-refractivity contribution in [1.82, 2.24) is 25.8 Å². The number of carbonyl (C=O) groups is 9. The Kier molecular flexibility index (Phi) is 14.4. The second-order valence-corrected chi connectivity index (χ2v) is 12.4. The molecule has 2 aliphatic rings. The van der Waals surface area contributed by atoms with E-state index >= 15 is 0 Å². The van der Waals surface area contributed by atoms with E-state index < -0.39 is 115 Å². The molecule has 3 rings (SSSR count). The van der Waals surface area contributed by atoms with Gasteiger partial charge in [-0.15, -0.1) is 0 Å². The highest BCUT2D eigenvalue weighted by molar-refractivity contribution is 5.98. The number of hydrogen-bond donors (Lipinski definition) is 8. The van der Waals surface area contributed by atoms with Gasteiger partial charge in [0.15, 0.2) is 0 Å². The number of benzene rings is 1. The molecule has 2 heterocycles. The Labute approximate surface area is 292 Å². The minimum Gasteiger partial charge on any atom is -0.481 e. The highest BCUT2D eigenvalue weighted by Gasteiger charge is 2.42. The van der Waals surface area contributed by atoms with Crippen LogP contribution in [0, 0.1) is 0 Å². The van der Waals surface area contributed by atoms with Gasteiger partial charge in [0.25, 0.3) is 0 Å².